The summed E-state index contributed by atoms with van der Waals surface area (Å²) in [6.07, 6.45) is 3.26. The lowest BCUT2D eigenvalue weighted by atomic mass is 9.98. The van der Waals surface area contributed by atoms with Gasteiger partial charge in [-0.1, -0.05) is 18.2 Å². The number of hydrogen-bond donors (Lipinski definition) is 1. The van der Waals surface area contributed by atoms with Crippen molar-refractivity contribution in [2.45, 2.75) is 13.5 Å². The minimum Gasteiger partial charge on any atom is -0.325 e. The lowest BCUT2D eigenvalue weighted by molar-refractivity contribution is -0.496. The molecule has 0 aliphatic carbocycles. The van der Waals surface area contributed by atoms with Gasteiger partial charge >= 0.3 is 0 Å². The van der Waals surface area contributed by atoms with Crippen molar-refractivity contribution in [3.8, 4) is 11.1 Å². The van der Waals surface area contributed by atoms with Crippen molar-refractivity contribution in [3.05, 3.63) is 94.0 Å². The highest BCUT2D eigenvalue weighted by Gasteiger charge is 2.07. The molecule has 0 fully saturated rings. The third-order valence-electron chi connectivity index (χ3n) is 4.62. The first-order valence-corrected chi connectivity index (χ1v) is 8.98. The molecule has 0 unspecified atom stereocenters. The highest BCUT2D eigenvalue weighted by atomic mass is 19.1. The number of nitro groups is 1. The molecule has 0 atom stereocenters. The zero-order valence-corrected chi connectivity index (χ0v) is 15.6. The molecule has 0 aliphatic heterocycles. The number of nitrogens with zero attached hydrogens (tertiary/aromatic N) is 3. The Labute approximate surface area is 166 Å². The Morgan fingerprint density at radius 2 is 1.83 bits per heavy atom. The molecule has 0 bridgehead atoms. The van der Waals surface area contributed by atoms with Crippen molar-refractivity contribution in [1.29, 1.82) is 0 Å². The first-order valence-electron chi connectivity index (χ1n) is 8.98. The van der Waals surface area contributed by atoms with E-state index in [2.05, 4.69) is 15.3 Å². The number of anilines is 2. The number of fused-ring (bicyclic) bond motifs is 1. The van der Waals surface area contributed by atoms with Crippen molar-refractivity contribution < 1.29 is 9.31 Å². The molecule has 2 heterocycles. The van der Waals surface area contributed by atoms with Gasteiger partial charge in [0, 0.05) is 28.3 Å². The summed E-state index contributed by atoms with van der Waals surface area (Å²) in [6.45, 7) is 1.69. The number of nitrogens with one attached hydrogen (secondary N) is 1. The lowest BCUT2D eigenvalue weighted by Gasteiger charge is -2.09. The van der Waals surface area contributed by atoms with Crippen LogP contribution in [0.15, 0.2) is 67.0 Å². The summed E-state index contributed by atoms with van der Waals surface area (Å²) in [7, 11) is 0. The molecule has 0 aliphatic rings. The first kappa shape index (κ1) is 18.5. The predicted molar refractivity (Wildman–Crippen MR) is 110 cm³/mol. The summed E-state index contributed by atoms with van der Waals surface area (Å²) < 4.78 is 13.6. The molecule has 0 radical (unpaired) electrons. The number of rotatable bonds is 5. The van der Waals surface area contributed by atoms with Crippen LogP contribution in [0.3, 0.4) is 0 Å². The van der Waals surface area contributed by atoms with Crippen LogP contribution in [0.1, 0.15) is 11.1 Å². The van der Waals surface area contributed by atoms with E-state index in [0.717, 1.165) is 27.5 Å². The van der Waals surface area contributed by atoms with Crippen LogP contribution in [0, 0.1) is 22.9 Å². The zero-order chi connectivity index (χ0) is 20.4. The number of aromatic nitrogens is 2. The normalized spacial score (nSPS) is 10.8. The van der Waals surface area contributed by atoms with Crippen LogP contribution in [-0.4, -0.2) is 14.9 Å². The SMILES string of the molecule is Cc1ccc(F)cc1-c1ccc2cc(Nc3cc(C[N+](=O)[O-])ccn3)ncc2c1. The maximum absolute atomic E-state index is 13.6. The summed E-state index contributed by atoms with van der Waals surface area (Å²) in [5, 5.41) is 15.6. The quantitative estimate of drug-likeness (QED) is 0.372. The fraction of sp³-hybridized carbons (Fsp3) is 0.0909. The van der Waals surface area contributed by atoms with E-state index in [9.17, 15) is 14.5 Å². The van der Waals surface area contributed by atoms with Crippen LogP contribution in [-0.2, 0) is 6.54 Å². The Kier molecular flexibility index (Phi) is 4.87. The molecule has 0 spiro atoms. The second kappa shape index (κ2) is 7.63. The number of pyridine rings is 2. The minimum atomic E-state index is -0.384. The van der Waals surface area contributed by atoms with Crippen molar-refractivity contribution in [3.63, 3.8) is 0 Å². The van der Waals surface area contributed by atoms with Gasteiger partial charge in [0.1, 0.15) is 17.5 Å². The molecule has 7 heteroatoms. The Morgan fingerprint density at radius 3 is 2.66 bits per heavy atom. The van der Waals surface area contributed by atoms with Gasteiger partial charge in [0.2, 0.25) is 6.54 Å². The topological polar surface area (TPSA) is 81.0 Å². The molecular weight excluding hydrogens is 371 g/mol. The molecule has 2 aromatic carbocycles. The summed E-state index contributed by atoms with van der Waals surface area (Å²) >= 11 is 0. The smallest absolute Gasteiger partial charge is 0.229 e. The molecule has 0 saturated carbocycles. The summed E-state index contributed by atoms with van der Waals surface area (Å²) in [4.78, 5) is 18.9. The van der Waals surface area contributed by atoms with Gasteiger partial charge in [-0.25, -0.2) is 14.4 Å². The lowest BCUT2D eigenvalue weighted by Crippen LogP contribution is -2.01. The highest BCUT2D eigenvalue weighted by molar-refractivity contribution is 5.89. The highest BCUT2D eigenvalue weighted by Crippen LogP contribution is 2.28. The van der Waals surface area contributed by atoms with Gasteiger partial charge in [-0.15, -0.1) is 0 Å². The van der Waals surface area contributed by atoms with Gasteiger partial charge in [-0.05, 0) is 65.4 Å². The Morgan fingerprint density at radius 1 is 1.00 bits per heavy atom. The van der Waals surface area contributed by atoms with Crippen molar-refractivity contribution >= 4 is 22.4 Å². The fourth-order valence-electron chi connectivity index (χ4n) is 3.20. The van der Waals surface area contributed by atoms with Crippen LogP contribution >= 0.6 is 0 Å². The van der Waals surface area contributed by atoms with Gasteiger partial charge < -0.3 is 5.32 Å². The van der Waals surface area contributed by atoms with Gasteiger partial charge in [0.15, 0.2) is 0 Å². The summed E-state index contributed by atoms with van der Waals surface area (Å²) in [6, 6.07) is 15.7. The number of aryl methyl sites for hydroxylation is 1. The third kappa shape index (κ3) is 4.19. The van der Waals surface area contributed by atoms with Crippen molar-refractivity contribution in [2.24, 2.45) is 0 Å². The van der Waals surface area contributed by atoms with Gasteiger partial charge in [0.05, 0.1) is 0 Å². The molecule has 4 aromatic rings. The molecule has 1 N–H and O–H groups in total. The van der Waals surface area contributed by atoms with E-state index >= 15 is 0 Å². The Hall–Kier alpha value is -3.87. The number of benzene rings is 2. The average Bonchev–Trinajstić information content (AvgIpc) is 2.69. The van der Waals surface area contributed by atoms with E-state index in [0.29, 0.717) is 17.2 Å². The largest absolute Gasteiger partial charge is 0.325 e. The van der Waals surface area contributed by atoms with Gasteiger partial charge in [-0.2, -0.15) is 0 Å². The fourth-order valence-corrected chi connectivity index (χ4v) is 3.20. The zero-order valence-electron chi connectivity index (χ0n) is 15.6. The molecule has 144 valence electrons. The van der Waals surface area contributed by atoms with Crippen LogP contribution in [0.25, 0.3) is 21.9 Å². The number of hydrogen-bond acceptors (Lipinski definition) is 5. The van der Waals surface area contributed by atoms with E-state index in [1.165, 1.54) is 18.3 Å². The Bertz CT molecular complexity index is 1230. The maximum atomic E-state index is 13.6. The molecular formula is C22H17FN4O2. The van der Waals surface area contributed by atoms with E-state index in [1.54, 1.807) is 24.4 Å². The molecule has 0 amide bonds. The summed E-state index contributed by atoms with van der Waals surface area (Å²) in [5.74, 6) is 0.802. The monoisotopic (exact) mass is 388 g/mol. The van der Waals surface area contributed by atoms with Crippen LogP contribution in [0.5, 0.6) is 0 Å². The van der Waals surface area contributed by atoms with E-state index in [-0.39, 0.29) is 17.3 Å². The van der Waals surface area contributed by atoms with Crippen molar-refractivity contribution in [1.82, 2.24) is 9.97 Å². The summed E-state index contributed by atoms with van der Waals surface area (Å²) in [5.41, 5.74) is 3.33. The van der Waals surface area contributed by atoms with Crippen LogP contribution < -0.4 is 5.32 Å². The maximum Gasteiger partial charge on any atom is 0.229 e. The molecule has 4 rings (SSSR count). The molecule has 6 nitrogen and oxygen atoms in total. The van der Waals surface area contributed by atoms with Crippen LogP contribution in [0.4, 0.5) is 16.0 Å². The van der Waals surface area contributed by atoms with Crippen molar-refractivity contribution in [2.75, 3.05) is 5.32 Å². The average molecular weight is 388 g/mol. The molecule has 0 saturated heterocycles. The molecule has 2 aromatic heterocycles. The second-order valence-electron chi connectivity index (χ2n) is 6.76. The van der Waals surface area contributed by atoms with E-state index in [4.69, 9.17) is 0 Å². The predicted octanol–water partition coefficient (Wildman–Crippen LogP) is 5.26. The van der Waals surface area contributed by atoms with Gasteiger partial charge in [-0.3, -0.25) is 10.1 Å². The minimum absolute atomic E-state index is 0.259. The third-order valence-corrected chi connectivity index (χ3v) is 4.62. The van der Waals surface area contributed by atoms with E-state index in [1.807, 2.05) is 31.2 Å². The molecule has 29 heavy (non-hydrogen) atoms. The van der Waals surface area contributed by atoms with E-state index < -0.39 is 0 Å². The first-order chi connectivity index (χ1) is 14.0. The van der Waals surface area contributed by atoms with Crippen LogP contribution in [0.2, 0.25) is 0 Å². The van der Waals surface area contributed by atoms with Gasteiger partial charge in [0.25, 0.3) is 0 Å². The second-order valence-corrected chi connectivity index (χ2v) is 6.76. The number of halogens is 1. The standard InChI is InChI=1S/C22H17FN4O2/c1-14-2-5-19(23)11-20(14)17-4-3-16-10-22(25-12-18(16)9-17)26-21-8-15(6-7-24-21)13-27(28)29/h2-12H,13H2,1H3,(H,24,25,26). The Balaban J connectivity index is 1.62.